The van der Waals surface area contributed by atoms with Gasteiger partial charge in [-0.05, 0) is 64.5 Å². The largest absolute Gasteiger partial charge is 0.494 e. The fraction of sp³-hybridized carbons (Fsp3) is 0.321. The lowest BCUT2D eigenvalue weighted by molar-refractivity contribution is -0.265. The smallest absolute Gasteiger partial charge is 0.424 e. The summed E-state index contributed by atoms with van der Waals surface area (Å²) in [5.41, 5.74) is -4.62. The number of amides is 1. The lowest BCUT2D eigenvalue weighted by Gasteiger charge is -2.30. The second kappa shape index (κ2) is 16.3. The Morgan fingerprint density at radius 3 is 2.17 bits per heavy atom. The first-order valence-corrected chi connectivity index (χ1v) is 13.7. The second-order valence-electron chi connectivity index (χ2n) is 7.74. The summed E-state index contributed by atoms with van der Waals surface area (Å²) >= 11 is 8.89. The highest BCUT2D eigenvalue weighted by Gasteiger charge is 2.56. The molecule has 14 heteroatoms. The number of carboxylic acids is 1. The Morgan fingerprint density at radius 1 is 1.02 bits per heavy atom. The van der Waals surface area contributed by atoms with E-state index in [0.29, 0.717) is 0 Å². The summed E-state index contributed by atoms with van der Waals surface area (Å²) in [7, 11) is 1.25. The quantitative estimate of drug-likeness (QED) is 0.208. The van der Waals surface area contributed by atoms with Crippen LogP contribution in [-0.4, -0.2) is 53.5 Å². The highest BCUT2D eigenvalue weighted by molar-refractivity contribution is 9.10. The van der Waals surface area contributed by atoms with E-state index in [1.54, 1.807) is 0 Å². The van der Waals surface area contributed by atoms with E-state index in [0.717, 1.165) is 24.3 Å². The molecule has 42 heavy (non-hydrogen) atoms. The highest BCUT2D eigenvalue weighted by atomic mass is 79.9. The molecule has 0 radical (unpaired) electrons. The van der Waals surface area contributed by atoms with E-state index in [-0.39, 0.29) is 37.8 Å². The van der Waals surface area contributed by atoms with Gasteiger partial charge in [0.1, 0.15) is 23.0 Å². The Bertz CT molecular complexity index is 1380. The molecule has 3 aromatic rings. The third kappa shape index (κ3) is 9.04. The van der Waals surface area contributed by atoms with Crippen molar-refractivity contribution < 1.29 is 46.8 Å². The molecule has 3 rings (SSSR count). The van der Waals surface area contributed by atoms with Crippen LogP contribution in [0.4, 0.5) is 17.6 Å². The van der Waals surface area contributed by atoms with E-state index in [9.17, 15) is 32.3 Å². The van der Waals surface area contributed by atoms with Gasteiger partial charge in [-0.2, -0.15) is 13.2 Å². The third-order valence-corrected chi connectivity index (χ3v) is 6.12. The summed E-state index contributed by atoms with van der Waals surface area (Å²) in [6.45, 7) is 6.04. The van der Waals surface area contributed by atoms with Crippen molar-refractivity contribution in [3.63, 3.8) is 0 Å². The van der Waals surface area contributed by atoms with Crippen molar-refractivity contribution in [2.24, 2.45) is 0 Å². The Morgan fingerprint density at radius 2 is 1.64 bits per heavy atom. The van der Waals surface area contributed by atoms with Gasteiger partial charge in [-0.15, -0.1) is 0 Å². The number of aliphatic hydroxyl groups is 1. The summed E-state index contributed by atoms with van der Waals surface area (Å²) < 4.78 is 66.3. The number of nitrogens with one attached hydrogen (secondary N) is 1. The van der Waals surface area contributed by atoms with Crippen LogP contribution in [0.15, 0.2) is 53.0 Å². The summed E-state index contributed by atoms with van der Waals surface area (Å²) in [4.78, 5) is 27.2. The lowest BCUT2D eigenvalue weighted by atomic mass is 9.96. The van der Waals surface area contributed by atoms with E-state index < -0.39 is 48.3 Å². The van der Waals surface area contributed by atoms with Crippen LogP contribution in [0.5, 0.6) is 11.5 Å². The maximum Gasteiger partial charge on any atom is 0.424 e. The summed E-state index contributed by atoms with van der Waals surface area (Å²) in [6.07, 6.45) is -5.28. The van der Waals surface area contributed by atoms with Gasteiger partial charge >= 0.3 is 12.1 Å². The zero-order valence-electron chi connectivity index (χ0n) is 23.3. The number of methoxy groups -OCH3 is 1. The molecule has 0 aliphatic heterocycles. The Labute approximate surface area is 253 Å². The molecule has 0 aliphatic rings. The number of alkyl halides is 3. The van der Waals surface area contributed by atoms with Crippen molar-refractivity contribution in [1.82, 2.24) is 10.3 Å². The monoisotopic (exact) mass is 680 g/mol. The molecule has 1 heterocycles. The molecule has 0 bridgehead atoms. The maximum atomic E-state index is 14.1. The lowest BCUT2D eigenvalue weighted by Crippen LogP contribution is -2.51. The molecule has 0 saturated carbocycles. The first-order valence-electron chi connectivity index (χ1n) is 12.5. The summed E-state index contributed by atoms with van der Waals surface area (Å²) in [6, 6.07) is 9.06. The van der Waals surface area contributed by atoms with Crippen LogP contribution >= 0.6 is 27.5 Å². The number of hydrogen-bond donors (Lipinski definition) is 3. The van der Waals surface area contributed by atoms with Gasteiger partial charge in [0, 0.05) is 11.1 Å². The average Bonchev–Trinajstić information content (AvgIpc) is 2.97. The predicted octanol–water partition coefficient (Wildman–Crippen LogP) is 7.01. The number of rotatable bonds is 9. The molecular formula is C28H30BrClF4N2O6. The van der Waals surface area contributed by atoms with E-state index in [1.807, 2.05) is 33.0 Å². The normalized spacial score (nSPS) is 12.0. The fourth-order valence-electron chi connectivity index (χ4n) is 3.24. The molecule has 1 atom stereocenters. The van der Waals surface area contributed by atoms with Crippen molar-refractivity contribution in [1.29, 1.82) is 0 Å². The van der Waals surface area contributed by atoms with Crippen molar-refractivity contribution >= 4 is 39.4 Å². The number of nitrogens with zero attached hydrogens (tertiary/aromatic N) is 1. The number of pyridine rings is 1. The molecule has 8 nitrogen and oxygen atoms in total. The van der Waals surface area contributed by atoms with Crippen molar-refractivity contribution in [3.05, 3.63) is 75.1 Å². The van der Waals surface area contributed by atoms with Crippen molar-refractivity contribution in [3.8, 4) is 22.8 Å². The number of carbonyl (C=O) groups excluding carboxylic acids is 1. The minimum absolute atomic E-state index is 0.0278. The zero-order chi connectivity index (χ0) is 32.3. The zero-order valence-corrected chi connectivity index (χ0v) is 25.6. The number of ether oxygens (including phenoxy) is 2. The molecule has 1 amide bonds. The van der Waals surface area contributed by atoms with E-state index in [2.05, 4.69) is 20.9 Å². The predicted molar refractivity (Wildman–Crippen MR) is 153 cm³/mol. The Hall–Kier alpha value is -3.42. The molecule has 3 N–H and O–H groups in total. The topological polar surface area (TPSA) is 118 Å². The van der Waals surface area contributed by atoms with Gasteiger partial charge in [-0.25, -0.2) is 14.2 Å². The first kappa shape index (κ1) is 36.6. The molecule has 1 unspecified atom stereocenters. The Kier molecular flexibility index (Phi) is 14.2. The van der Waals surface area contributed by atoms with Gasteiger partial charge in [0.15, 0.2) is 6.61 Å². The average molecular weight is 682 g/mol. The van der Waals surface area contributed by atoms with E-state index in [4.69, 9.17) is 26.2 Å². The first-order chi connectivity index (χ1) is 19.8. The van der Waals surface area contributed by atoms with Crippen LogP contribution in [0.25, 0.3) is 11.3 Å². The van der Waals surface area contributed by atoms with Crippen LogP contribution in [0, 0.1) is 5.82 Å². The van der Waals surface area contributed by atoms with Gasteiger partial charge in [-0.1, -0.05) is 39.3 Å². The molecule has 0 aliphatic carbocycles. The summed E-state index contributed by atoms with van der Waals surface area (Å²) in [5, 5.41) is 21.2. The van der Waals surface area contributed by atoms with Gasteiger partial charge in [0.05, 0.1) is 28.8 Å². The highest BCUT2D eigenvalue weighted by Crippen LogP contribution is 2.40. The SMILES string of the molecule is CC.CC.COc1ccc(C(O)(CNC(=O)c2ccc(OCC(=O)O)c(Br)c2)C(F)(F)F)nc1-c1ccc(F)c(Cl)c1. The van der Waals surface area contributed by atoms with Crippen LogP contribution in [-0.2, 0) is 10.4 Å². The number of carbonyl (C=O) groups is 2. The minimum atomic E-state index is -5.28. The van der Waals surface area contributed by atoms with Gasteiger partial charge < -0.3 is 25.0 Å². The number of halogens is 6. The van der Waals surface area contributed by atoms with Gasteiger partial charge in [0.25, 0.3) is 5.91 Å². The molecule has 1 aromatic heterocycles. The molecular weight excluding hydrogens is 652 g/mol. The van der Waals surface area contributed by atoms with E-state index in [1.165, 1.54) is 31.4 Å². The number of carboxylic acid groups (broad SMARTS) is 1. The molecule has 2 aromatic carbocycles. The third-order valence-electron chi connectivity index (χ3n) is 5.21. The van der Waals surface area contributed by atoms with E-state index >= 15 is 0 Å². The molecule has 0 spiro atoms. The molecule has 0 saturated heterocycles. The summed E-state index contributed by atoms with van der Waals surface area (Å²) in [5.74, 6) is -2.85. The van der Waals surface area contributed by atoms with Gasteiger partial charge in [-0.3, -0.25) is 4.79 Å². The van der Waals surface area contributed by atoms with Crippen molar-refractivity contribution in [2.45, 2.75) is 39.5 Å². The Balaban J connectivity index is 0.00000211. The number of benzene rings is 2. The van der Waals surface area contributed by atoms with Crippen LogP contribution in [0.3, 0.4) is 0 Å². The number of hydrogen-bond acceptors (Lipinski definition) is 6. The van der Waals surface area contributed by atoms with Crippen LogP contribution < -0.4 is 14.8 Å². The maximum absolute atomic E-state index is 14.1. The van der Waals surface area contributed by atoms with Crippen molar-refractivity contribution in [2.75, 3.05) is 20.3 Å². The number of aliphatic carboxylic acids is 1. The fourth-order valence-corrected chi connectivity index (χ4v) is 3.91. The second-order valence-corrected chi connectivity index (χ2v) is 9.01. The number of aromatic nitrogens is 1. The molecule has 0 fully saturated rings. The standard InChI is InChI=1S/C24H18BrClF4N2O6.2C2H6/c1-37-18-6-7-19(32-21(18)12-2-4-16(27)15(26)9-12)23(36,24(28,29)30)11-31-22(35)13-3-5-17(14(25)8-13)38-10-20(33)34;2*1-2/h2-9,36H,10-11H2,1H3,(H,31,35)(H,33,34);2*1-2H3. The minimum Gasteiger partial charge on any atom is -0.494 e. The van der Waals surface area contributed by atoms with Crippen LogP contribution in [0.2, 0.25) is 5.02 Å². The molecule has 230 valence electrons. The van der Waals surface area contributed by atoms with Gasteiger partial charge in [0.2, 0.25) is 5.60 Å². The van der Waals surface area contributed by atoms with Crippen LogP contribution in [0.1, 0.15) is 43.7 Å².